The van der Waals surface area contributed by atoms with Crippen LogP contribution in [-0.4, -0.2) is 27.5 Å². The maximum absolute atomic E-state index is 12.8. The van der Waals surface area contributed by atoms with Crippen LogP contribution in [-0.2, 0) is 24.1 Å². The van der Waals surface area contributed by atoms with Crippen molar-refractivity contribution in [2.75, 3.05) is 17.2 Å². The van der Waals surface area contributed by atoms with Crippen LogP contribution in [0, 0.1) is 13.8 Å². The average Bonchev–Trinajstić information content (AvgIpc) is 3.16. The van der Waals surface area contributed by atoms with E-state index >= 15 is 0 Å². The fourth-order valence-electron chi connectivity index (χ4n) is 4.27. The number of carbonyl (C=O) groups excluding carboxylic acids is 1. The van der Waals surface area contributed by atoms with Crippen LogP contribution in [0.5, 0.6) is 0 Å². The number of anilines is 2. The lowest BCUT2D eigenvalue weighted by molar-refractivity contribution is 0.0527. The summed E-state index contributed by atoms with van der Waals surface area (Å²) >= 11 is 7.23. The molecule has 0 saturated carbocycles. The van der Waals surface area contributed by atoms with E-state index in [2.05, 4.69) is 40.9 Å². The molecule has 8 heteroatoms. The Morgan fingerprint density at radius 2 is 2.00 bits per heavy atom. The van der Waals surface area contributed by atoms with Crippen LogP contribution < -0.4 is 10.6 Å². The number of rotatable bonds is 6. The van der Waals surface area contributed by atoms with Crippen molar-refractivity contribution in [3.05, 3.63) is 63.3 Å². The van der Waals surface area contributed by atoms with Crippen LogP contribution in [0.15, 0.2) is 30.3 Å². The molecule has 1 aliphatic rings. The third-order valence-electron chi connectivity index (χ3n) is 5.75. The summed E-state index contributed by atoms with van der Waals surface area (Å²) in [5, 5.41) is 12.3. The predicted molar refractivity (Wildman–Crippen MR) is 139 cm³/mol. The molecule has 2 N–H and O–H groups in total. The molecule has 1 aliphatic carbocycles. The zero-order valence-corrected chi connectivity index (χ0v) is 21.0. The molecule has 0 aliphatic heterocycles. The highest BCUT2D eigenvalue weighted by molar-refractivity contribution is 7.80. The first-order chi connectivity index (χ1) is 15.9. The van der Waals surface area contributed by atoms with Crippen molar-refractivity contribution >= 4 is 45.3 Å². The maximum atomic E-state index is 12.8. The normalized spacial score (nSPS) is 13.2. The number of aromatic nitrogens is 2. The minimum Gasteiger partial charge on any atom is -0.462 e. The van der Waals surface area contributed by atoms with Gasteiger partial charge in [-0.15, -0.1) is 11.3 Å². The van der Waals surface area contributed by atoms with Gasteiger partial charge in [0.2, 0.25) is 0 Å². The third kappa shape index (κ3) is 5.62. The maximum Gasteiger partial charge on any atom is 0.341 e. The minimum atomic E-state index is -0.269. The summed E-state index contributed by atoms with van der Waals surface area (Å²) in [7, 11) is 0. The summed E-state index contributed by atoms with van der Waals surface area (Å²) in [5.74, 6) is -0.269. The SMILES string of the molecule is CCOC(=O)c1c(NC(=S)Nc2cccc(Cn3nc(C)cc3C)c2)sc2c1CCCCC2. The van der Waals surface area contributed by atoms with Crippen LogP contribution >= 0.6 is 23.6 Å². The Labute approximate surface area is 204 Å². The van der Waals surface area contributed by atoms with Gasteiger partial charge in [0.15, 0.2) is 5.11 Å². The average molecular weight is 483 g/mol. The number of benzene rings is 1. The number of ether oxygens (including phenoxy) is 1. The lowest BCUT2D eigenvalue weighted by Crippen LogP contribution is -2.20. The van der Waals surface area contributed by atoms with E-state index in [1.54, 1.807) is 11.3 Å². The molecule has 0 amide bonds. The Balaban J connectivity index is 1.50. The van der Waals surface area contributed by atoms with E-state index in [0.717, 1.165) is 58.9 Å². The number of esters is 1. The third-order valence-corrected chi connectivity index (χ3v) is 7.16. The second kappa shape index (κ2) is 10.5. The molecular weight excluding hydrogens is 452 g/mol. The second-order valence-corrected chi connectivity index (χ2v) is 9.87. The first kappa shape index (κ1) is 23.4. The Hall–Kier alpha value is -2.71. The van der Waals surface area contributed by atoms with Gasteiger partial charge < -0.3 is 15.4 Å². The summed E-state index contributed by atoms with van der Waals surface area (Å²) in [4.78, 5) is 14.0. The Kier molecular flexibility index (Phi) is 7.45. The molecule has 0 unspecified atom stereocenters. The van der Waals surface area contributed by atoms with Crippen molar-refractivity contribution in [3.63, 3.8) is 0 Å². The van der Waals surface area contributed by atoms with Gasteiger partial charge in [0, 0.05) is 16.3 Å². The zero-order chi connectivity index (χ0) is 23.4. The summed E-state index contributed by atoms with van der Waals surface area (Å²) < 4.78 is 7.37. The number of aryl methyl sites for hydroxylation is 3. The smallest absolute Gasteiger partial charge is 0.341 e. The Morgan fingerprint density at radius 3 is 2.76 bits per heavy atom. The molecule has 0 radical (unpaired) electrons. The van der Waals surface area contributed by atoms with Crippen molar-refractivity contribution in [3.8, 4) is 0 Å². The number of carbonyl (C=O) groups is 1. The molecule has 0 atom stereocenters. The molecule has 33 heavy (non-hydrogen) atoms. The van der Waals surface area contributed by atoms with Crippen LogP contribution in [0.2, 0.25) is 0 Å². The zero-order valence-electron chi connectivity index (χ0n) is 19.4. The van der Waals surface area contributed by atoms with Crippen LogP contribution in [0.4, 0.5) is 10.7 Å². The molecular formula is C25H30N4O2S2. The number of hydrogen-bond acceptors (Lipinski definition) is 5. The highest BCUT2D eigenvalue weighted by Gasteiger charge is 2.26. The molecule has 3 aromatic rings. The van der Waals surface area contributed by atoms with Gasteiger partial charge in [-0.25, -0.2) is 4.79 Å². The molecule has 174 valence electrons. The summed E-state index contributed by atoms with van der Waals surface area (Å²) in [6.45, 7) is 6.94. The Morgan fingerprint density at radius 1 is 1.18 bits per heavy atom. The number of hydrogen-bond donors (Lipinski definition) is 2. The van der Waals surface area contributed by atoms with Gasteiger partial charge >= 0.3 is 5.97 Å². The van der Waals surface area contributed by atoms with Gasteiger partial charge in [0.1, 0.15) is 5.00 Å². The van der Waals surface area contributed by atoms with Gasteiger partial charge in [-0.3, -0.25) is 4.68 Å². The monoisotopic (exact) mass is 482 g/mol. The van der Waals surface area contributed by atoms with E-state index in [-0.39, 0.29) is 5.97 Å². The number of nitrogens with zero attached hydrogens (tertiary/aromatic N) is 2. The lowest BCUT2D eigenvalue weighted by Gasteiger charge is -2.13. The van der Waals surface area contributed by atoms with Crippen molar-refractivity contribution in [2.45, 2.75) is 59.4 Å². The molecule has 0 saturated heterocycles. The number of thiocarbonyl (C=S) groups is 1. The molecule has 0 fully saturated rings. The van der Waals surface area contributed by atoms with Gasteiger partial charge in [-0.2, -0.15) is 5.10 Å². The Bertz CT molecular complexity index is 1170. The second-order valence-electron chi connectivity index (χ2n) is 8.35. The van der Waals surface area contributed by atoms with E-state index in [1.807, 2.05) is 30.7 Å². The number of fused-ring (bicyclic) bond motifs is 1. The first-order valence-corrected chi connectivity index (χ1v) is 12.7. The summed E-state index contributed by atoms with van der Waals surface area (Å²) in [5.41, 5.74) is 5.95. The molecule has 6 nitrogen and oxygen atoms in total. The van der Waals surface area contributed by atoms with Crippen LogP contribution in [0.1, 0.15) is 63.9 Å². The van der Waals surface area contributed by atoms with Crippen molar-refractivity contribution in [1.29, 1.82) is 0 Å². The molecule has 2 heterocycles. The number of thiophene rings is 1. The molecule has 4 rings (SSSR count). The highest BCUT2D eigenvalue weighted by Crippen LogP contribution is 2.38. The number of nitrogens with one attached hydrogen (secondary N) is 2. The van der Waals surface area contributed by atoms with Gasteiger partial charge in [-0.05, 0) is 88.0 Å². The molecule has 2 aromatic heterocycles. The van der Waals surface area contributed by atoms with Crippen LogP contribution in [0.25, 0.3) is 0 Å². The molecule has 1 aromatic carbocycles. The fraction of sp³-hybridized carbons (Fsp3) is 0.400. The van der Waals surface area contributed by atoms with E-state index in [4.69, 9.17) is 17.0 Å². The van der Waals surface area contributed by atoms with Crippen molar-refractivity contribution in [2.24, 2.45) is 0 Å². The van der Waals surface area contributed by atoms with Gasteiger partial charge in [0.25, 0.3) is 0 Å². The molecule has 0 bridgehead atoms. The standard InChI is InChI=1S/C25H30N4O2S2/c1-4-31-24(30)22-20-11-6-5-7-12-21(20)33-23(22)27-25(32)26-19-10-8-9-18(14-19)15-29-17(3)13-16(2)28-29/h8-10,13-14H,4-7,11-12,15H2,1-3H3,(H2,26,27,32). The fourth-order valence-corrected chi connectivity index (χ4v) is 5.84. The van der Waals surface area contributed by atoms with E-state index in [1.165, 1.54) is 11.3 Å². The van der Waals surface area contributed by atoms with Crippen molar-refractivity contribution in [1.82, 2.24) is 9.78 Å². The largest absolute Gasteiger partial charge is 0.462 e. The van der Waals surface area contributed by atoms with Gasteiger partial charge in [-0.1, -0.05) is 18.6 Å². The quantitative estimate of drug-likeness (QED) is 0.260. The summed E-state index contributed by atoms with van der Waals surface area (Å²) in [6.07, 6.45) is 5.36. The van der Waals surface area contributed by atoms with E-state index < -0.39 is 0 Å². The topological polar surface area (TPSA) is 68.2 Å². The highest BCUT2D eigenvalue weighted by atomic mass is 32.1. The first-order valence-electron chi connectivity index (χ1n) is 11.4. The summed E-state index contributed by atoms with van der Waals surface area (Å²) in [6, 6.07) is 10.2. The van der Waals surface area contributed by atoms with Crippen LogP contribution in [0.3, 0.4) is 0 Å². The predicted octanol–water partition coefficient (Wildman–Crippen LogP) is 5.86. The van der Waals surface area contributed by atoms with E-state index in [9.17, 15) is 4.79 Å². The van der Waals surface area contributed by atoms with Gasteiger partial charge in [0.05, 0.1) is 24.4 Å². The lowest BCUT2D eigenvalue weighted by atomic mass is 10.1. The van der Waals surface area contributed by atoms with Crippen molar-refractivity contribution < 1.29 is 9.53 Å². The molecule has 0 spiro atoms. The minimum absolute atomic E-state index is 0.269. The van der Waals surface area contributed by atoms with E-state index in [0.29, 0.717) is 23.8 Å².